The average molecular weight is 221 g/mol. The molecular formula is C11H9O5. The topological polar surface area (TPSA) is 69.7 Å². The molecule has 5 nitrogen and oxygen atoms in total. The van der Waals surface area contributed by atoms with Gasteiger partial charge in [0.05, 0.1) is 5.56 Å². The van der Waals surface area contributed by atoms with Gasteiger partial charge in [-0.3, -0.25) is 14.4 Å². The molecule has 16 heavy (non-hydrogen) atoms. The zero-order chi connectivity index (χ0) is 12.1. The summed E-state index contributed by atoms with van der Waals surface area (Å²) < 4.78 is 9.58. The molecule has 0 saturated heterocycles. The first-order valence-electron chi connectivity index (χ1n) is 4.42. The van der Waals surface area contributed by atoms with Crippen LogP contribution in [0.1, 0.15) is 19.4 Å². The van der Waals surface area contributed by atoms with Crippen molar-refractivity contribution in [2.75, 3.05) is 0 Å². The van der Waals surface area contributed by atoms with E-state index in [4.69, 9.17) is 9.47 Å². The Hall–Kier alpha value is -2.17. The minimum atomic E-state index is -0.615. The van der Waals surface area contributed by atoms with E-state index >= 15 is 0 Å². The standard InChI is InChI=1S/C11H9O5/c1-7(13)15-10-5-3-4-9(6-12)11(10)16-8(2)14/h3-5H,1-2H3. The van der Waals surface area contributed by atoms with E-state index in [9.17, 15) is 14.4 Å². The lowest BCUT2D eigenvalue weighted by Gasteiger charge is -2.09. The van der Waals surface area contributed by atoms with Crippen LogP contribution in [0.2, 0.25) is 0 Å². The van der Waals surface area contributed by atoms with Crippen LogP contribution in [0.15, 0.2) is 18.2 Å². The number of carbonyl (C=O) groups excluding carboxylic acids is 3. The third kappa shape index (κ3) is 2.91. The van der Waals surface area contributed by atoms with Crippen LogP contribution in [0.25, 0.3) is 0 Å². The molecule has 0 unspecified atom stereocenters. The molecule has 0 spiro atoms. The van der Waals surface area contributed by atoms with Gasteiger partial charge in [0.1, 0.15) is 0 Å². The lowest BCUT2D eigenvalue weighted by molar-refractivity contribution is -0.134. The molecule has 0 aromatic heterocycles. The van der Waals surface area contributed by atoms with Crippen LogP contribution >= 0.6 is 0 Å². The van der Waals surface area contributed by atoms with Crippen LogP contribution in [0.4, 0.5) is 0 Å². The second kappa shape index (κ2) is 5.06. The highest BCUT2D eigenvalue weighted by Gasteiger charge is 2.14. The zero-order valence-electron chi connectivity index (χ0n) is 8.77. The Morgan fingerprint density at radius 1 is 1.12 bits per heavy atom. The second-order valence-corrected chi connectivity index (χ2v) is 2.92. The maximum Gasteiger partial charge on any atom is 0.308 e. The van der Waals surface area contributed by atoms with Crippen LogP contribution < -0.4 is 9.47 Å². The van der Waals surface area contributed by atoms with Crippen molar-refractivity contribution >= 4 is 18.2 Å². The number of benzene rings is 1. The van der Waals surface area contributed by atoms with E-state index in [0.717, 1.165) is 0 Å². The summed E-state index contributed by atoms with van der Waals surface area (Å²) in [5, 5.41) is 0. The van der Waals surface area contributed by atoms with E-state index in [2.05, 4.69) is 0 Å². The maximum atomic E-state index is 10.8. The SMILES string of the molecule is CC(=O)Oc1cccc([C]=O)c1OC(C)=O. The van der Waals surface area contributed by atoms with Crippen LogP contribution in [0, 0.1) is 0 Å². The lowest BCUT2D eigenvalue weighted by atomic mass is 10.2. The van der Waals surface area contributed by atoms with Crippen LogP contribution in [0.3, 0.4) is 0 Å². The van der Waals surface area contributed by atoms with Gasteiger partial charge < -0.3 is 9.47 Å². The van der Waals surface area contributed by atoms with E-state index in [0.29, 0.717) is 0 Å². The van der Waals surface area contributed by atoms with Gasteiger partial charge in [0.2, 0.25) is 6.29 Å². The minimum absolute atomic E-state index is 0.0172. The van der Waals surface area contributed by atoms with Crippen LogP contribution in [0.5, 0.6) is 11.5 Å². The third-order valence-corrected chi connectivity index (χ3v) is 1.59. The highest BCUT2D eigenvalue weighted by Crippen LogP contribution is 2.30. The Labute approximate surface area is 92.0 Å². The predicted molar refractivity (Wildman–Crippen MR) is 53.9 cm³/mol. The van der Waals surface area contributed by atoms with Crippen LogP contribution in [-0.4, -0.2) is 18.2 Å². The van der Waals surface area contributed by atoms with Crippen molar-refractivity contribution in [3.63, 3.8) is 0 Å². The molecule has 0 heterocycles. The number of carbonyl (C=O) groups is 2. The summed E-state index contributed by atoms with van der Waals surface area (Å²) in [6.45, 7) is 2.38. The first kappa shape index (κ1) is 11.9. The van der Waals surface area contributed by atoms with Crippen molar-refractivity contribution < 1.29 is 23.9 Å². The maximum absolute atomic E-state index is 10.8. The average Bonchev–Trinajstić information content (AvgIpc) is 2.19. The first-order chi connectivity index (χ1) is 7.54. The molecule has 0 N–H and O–H groups in total. The fourth-order valence-corrected chi connectivity index (χ4v) is 1.08. The molecule has 1 aromatic carbocycles. The van der Waals surface area contributed by atoms with E-state index in [-0.39, 0.29) is 17.1 Å². The van der Waals surface area contributed by atoms with Gasteiger partial charge in [0.15, 0.2) is 11.5 Å². The van der Waals surface area contributed by atoms with E-state index < -0.39 is 11.9 Å². The van der Waals surface area contributed by atoms with Crippen molar-refractivity contribution in [1.29, 1.82) is 0 Å². The summed E-state index contributed by atoms with van der Waals surface area (Å²) in [4.78, 5) is 32.2. The van der Waals surface area contributed by atoms with E-state index in [1.165, 1.54) is 32.0 Å². The normalized spacial score (nSPS) is 9.38. The van der Waals surface area contributed by atoms with Crippen LogP contribution in [-0.2, 0) is 14.4 Å². The molecule has 0 saturated carbocycles. The Bertz CT molecular complexity index is 436. The van der Waals surface area contributed by atoms with Crippen molar-refractivity contribution in [2.24, 2.45) is 0 Å². The Morgan fingerprint density at radius 2 is 1.75 bits per heavy atom. The Kier molecular flexibility index (Phi) is 3.77. The Morgan fingerprint density at radius 3 is 2.25 bits per heavy atom. The number of ether oxygens (including phenoxy) is 2. The van der Waals surface area contributed by atoms with Gasteiger partial charge in [-0.25, -0.2) is 0 Å². The molecule has 0 atom stereocenters. The summed E-state index contributed by atoms with van der Waals surface area (Å²) in [7, 11) is 0. The molecule has 0 amide bonds. The number of esters is 2. The number of hydrogen-bond acceptors (Lipinski definition) is 5. The van der Waals surface area contributed by atoms with Gasteiger partial charge in [-0.2, -0.15) is 0 Å². The lowest BCUT2D eigenvalue weighted by Crippen LogP contribution is -2.08. The molecule has 5 heteroatoms. The molecule has 1 aromatic rings. The molecule has 1 rings (SSSR count). The van der Waals surface area contributed by atoms with Gasteiger partial charge >= 0.3 is 11.9 Å². The third-order valence-electron chi connectivity index (χ3n) is 1.59. The fourth-order valence-electron chi connectivity index (χ4n) is 1.08. The number of rotatable bonds is 3. The monoisotopic (exact) mass is 221 g/mol. The minimum Gasteiger partial charge on any atom is -0.423 e. The second-order valence-electron chi connectivity index (χ2n) is 2.92. The van der Waals surface area contributed by atoms with E-state index in [1.807, 2.05) is 0 Å². The molecule has 0 aliphatic rings. The molecule has 0 fully saturated rings. The van der Waals surface area contributed by atoms with Gasteiger partial charge in [-0.05, 0) is 12.1 Å². The highest BCUT2D eigenvalue weighted by molar-refractivity contribution is 5.85. The number of hydrogen-bond donors (Lipinski definition) is 0. The molecule has 0 aliphatic carbocycles. The largest absolute Gasteiger partial charge is 0.423 e. The van der Waals surface area contributed by atoms with Gasteiger partial charge in [-0.15, -0.1) is 0 Å². The zero-order valence-corrected chi connectivity index (χ0v) is 8.77. The predicted octanol–water partition coefficient (Wildman–Crippen LogP) is 0.995. The summed E-state index contributed by atoms with van der Waals surface area (Å²) >= 11 is 0. The van der Waals surface area contributed by atoms with Crippen molar-refractivity contribution in [1.82, 2.24) is 0 Å². The summed E-state index contributed by atoms with van der Waals surface area (Å²) in [5.41, 5.74) is 0.0222. The summed E-state index contributed by atoms with van der Waals surface area (Å²) in [6, 6.07) is 4.31. The van der Waals surface area contributed by atoms with Gasteiger partial charge in [0, 0.05) is 13.8 Å². The highest BCUT2D eigenvalue weighted by atomic mass is 16.6. The Balaban J connectivity index is 3.19. The molecule has 1 radical (unpaired) electrons. The quantitative estimate of drug-likeness (QED) is 0.562. The van der Waals surface area contributed by atoms with E-state index in [1.54, 1.807) is 6.29 Å². The first-order valence-corrected chi connectivity index (χ1v) is 4.42. The molecule has 83 valence electrons. The molecule has 0 aliphatic heterocycles. The summed E-state index contributed by atoms with van der Waals surface area (Å²) in [5.74, 6) is -1.27. The van der Waals surface area contributed by atoms with Crippen molar-refractivity contribution in [3.05, 3.63) is 23.8 Å². The summed E-state index contributed by atoms with van der Waals surface area (Å²) in [6.07, 6.45) is 1.60. The smallest absolute Gasteiger partial charge is 0.308 e. The van der Waals surface area contributed by atoms with Crippen molar-refractivity contribution in [3.8, 4) is 11.5 Å². The molecular weight excluding hydrogens is 212 g/mol. The van der Waals surface area contributed by atoms with Crippen molar-refractivity contribution in [2.45, 2.75) is 13.8 Å². The number of para-hydroxylation sites is 1. The molecule has 0 bridgehead atoms. The van der Waals surface area contributed by atoms with Gasteiger partial charge in [0.25, 0.3) is 0 Å². The fraction of sp³-hybridized carbons (Fsp3) is 0.182. The van der Waals surface area contributed by atoms with Gasteiger partial charge in [-0.1, -0.05) is 6.07 Å².